The third-order valence-electron chi connectivity index (χ3n) is 7.01. The molecule has 7 nitrogen and oxygen atoms in total. The van der Waals surface area contributed by atoms with Crippen molar-refractivity contribution in [1.29, 1.82) is 0 Å². The van der Waals surface area contributed by atoms with Crippen molar-refractivity contribution in [2.45, 2.75) is 62.4 Å². The third-order valence-corrected chi connectivity index (χ3v) is 8.93. The molecule has 1 amide bonds. The van der Waals surface area contributed by atoms with Gasteiger partial charge in [0.25, 0.3) is 0 Å². The lowest BCUT2D eigenvalue weighted by Gasteiger charge is -2.26. The first-order valence-electron chi connectivity index (χ1n) is 12.5. The van der Waals surface area contributed by atoms with Crippen LogP contribution in [0.1, 0.15) is 60.5 Å². The SMILES string of the molecule is O=C(Cc1ccc(S(=O)(=O)N2CCCCC2)cc1)NC1CCCc2c1cnn2Cc1ccccc1. The molecule has 2 aliphatic rings. The summed E-state index contributed by atoms with van der Waals surface area (Å²) in [5.41, 5.74) is 4.30. The van der Waals surface area contributed by atoms with Gasteiger partial charge in [0.1, 0.15) is 0 Å². The quantitative estimate of drug-likeness (QED) is 0.543. The molecule has 8 heteroatoms. The standard InChI is InChI=1S/C27H32N4O3S/c32-27(18-21-12-14-23(15-13-21)35(33,34)30-16-5-2-6-17-30)29-25-10-7-11-26-24(25)19-28-31(26)20-22-8-3-1-4-9-22/h1,3-4,8-9,12-15,19,25H,2,5-7,10-11,16-18,20H2,(H,29,32). The summed E-state index contributed by atoms with van der Waals surface area (Å²) in [6, 6.07) is 17.0. The molecule has 1 fully saturated rings. The first-order chi connectivity index (χ1) is 17.0. The van der Waals surface area contributed by atoms with Crippen LogP contribution in [0.3, 0.4) is 0 Å². The lowest BCUT2D eigenvalue weighted by atomic mass is 9.92. The molecule has 1 aromatic heterocycles. The number of carbonyl (C=O) groups excluding carboxylic acids is 1. The highest BCUT2D eigenvalue weighted by Gasteiger charge is 2.27. The van der Waals surface area contributed by atoms with Crippen LogP contribution < -0.4 is 5.32 Å². The fraction of sp³-hybridized carbons (Fsp3) is 0.407. The van der Waals surface area contributed by atoms with E-state index in [2.05, 4.69) is 22.5 Å². The lowest BCUT2D eigenvalue weighted by Crippen LogP contribution is -2.35. The number of amides is 1. The van der Waals surface area contributed by atoms with E-state index in [4.69, 9.17) is 0 Å². The Bertz CT molecular complexity index is 1260. The normalized spacial score (nSPS) is 18.7. The van der Waals surface area contributed by atoms with Crippen LogP contribution in [0.5, 0.6) is 0 Å². The predicted molar refractivity (Wildman–Crippen MR) is 134 cm³/mol. The van der Waals surface area contributed by atoms with Crippen LogP contribution in [-0.4, -0.2) is 41.5 Å². The minimum atomic E-state index is -3.46. The largest absolute Gasteiger partial charge is 0.349 e. The highest BCUT2D eigenvalue weighted by atomic mass is 32.2. The monoisotopic (exact) mass is 492 g/mol. The number of piperidine rings is 1. The Morgan fingerprint density at radius 2 is 1.69 bits per heavy atom. The van der Waals surface area contributed by atoms with Crippen molar-refractivity contribution in [2.24, 2.45) is 0 Å². The number of nitrogens with zero attached hydrogens (tertiary/aromatic N) is 3. The van der Waals surface area contributed by atoms with Gasteiger partial charge in [-0.15, -0.1) is 0 Å². The number of nitrogens with one attached hydrogen (secondary N) is 1. The van der Waals surface area contributed by atoms with Gasteiger partial charge in [0.2, 0.25) is 15.9 Å². The van der Waals surface area contributed by atoms with Crippen LogP contribution in [0.4, 0.5) is 0 Å². The first kappa shape index (κ1) is 23.8. The van der Waals surface area contributed by atoms with Gasteiger partial charge < -0.3 is 5.32 Å². The molecule has 0 bridgehead atoms. The van der Waals surface area contributed by atoms with Crippen molar-refractivity contribution in [1.82, 2.24) is 19.4 Å². The van der Waals surface area contributed by atoms with Crippen LogP contribution in [0.25, 0.3) is 0 Å². The van der Waals surface area contributed by atoms with Crippen molar-refractivity contribution >= 4 is 15.9 Å². The molecule has 3 aromatic rings. The highest BCUT2D eigenvalue weighted by molar-refractivity contribution is 7.89. The number of aromatic nitrogens is 2. The van der Waals surface area contributed by atoms with E-state index >= 15 is 0 Å². The minimum absolute atomic E-state index is 0.0467. The molecule has 5 rings (SSSR count). The maximum atomic E-state index is 12.9. The van der Waals surface area contributed by atoms with E-state index in [1.54, 1.807) is 28.6 Å². The molecule has 2 heterocycles. The molecule has 1 aliphatic carbocycles. The molecule has 1 N–H and O–H groups in total. The van der Waals surface area contributed by atoms with Crippen LogP contribution >= 0.6 is 0 Å². The van der Waals surface area contributed by atoms with Crippen molar-refractivity contribution in [3.63, 3.8) is 0 Å². The van der Waals surface area contributed by atoms with E-state index in [1.165, 1.54) is 11.3 Å². The molecule has 184 valence electrons. The third kappa shape index (κ3) is 5.33. The maximum Gasteiger partial charge on any atom is 0.243 e. The number of benzene rings is 2. The van der Waals surface area contributed by atoms with Gasteiger partial charge in [-0.3, -0.25) is 9.48 Å². The molecular formula is C27H32N4O3S. The molecular weight excluding hydrogens is 460 g/mol. The summed E-state index contributed by atoms with van der Waals surface area (Å²) in [6.45, 7) is 1.89. The fourth-order valence-corrected chi connectivity index (χ4v) is 6.64. The highest BCUT2D eigenvalue weighted by Crippen LogP contribution is 2.30. The number of hydrogen-bond acceptors (Lipinski definition) is 4. The smallest absolute Gasteiger partial charge is 0.243 e. The zero-order chi connectivity index (χ0) is 24.3. The number of sulfonamides is 1. The molecule has 1 aliphatic heterocycles. The number of fused-ring (bicyclic) bond motifs is 1. The minimum Gasteiger partial charge on any atom is -0.349 e. The Labute approximate surface area is 207 Å². The Hall–Kier alpha value is -2.97. The summed E-state index contributed by atoms with van der Waals surface area (Å²) in [4.78, 5) is 13.2. The Kier molecular flexibility index (Phi) is 7.02. The first-order valence-corrected chi connectivity index (χ1v) is 13.9. The van der Waals surface area contributed by atoms with E-state index in [9.17, 15) is 13.2 Å². The molecule has 1 atom stereocenters. The van der Waals surface area contributed by atoms with Crippen LogP contribution in [0.2, 0.25) is 0 Å². The Balaban J connectivity index is 1.22. The van der Waals surface area contributed by atoms with Gasteiger partial charge >= 0.3 is 0 Å². The van der Waals surface area contributed by atoms with Gasteiger partial charge in [-0.25, -0.2) is 8.42 Å². The van der Waals surface area contributed by atoms with Gasteiger partial charge in [0.05, 0.1) is 30.1 Å². The second-order valence-corrected chi connectivity index (χ2v) is 11.4. The van der Waals surface area contributed by atoms with E-state index in [1.807, 2.05) is 29.1 Å². The van der Waals surface area contributed by atoms with Gasteiger partial charge in [0, 0.05) is 24.3 Å². The average Bonchev–Trinajstić information content (AvgIpc) is 3.29. The second-order valence-electron chi connectivity index (χ2n) is 9.49. The van der Waals surface area contributed by atoms with Crippen LogP contribution in [-0.2, 0) is 34.2 Å². The molecule has 0 saturated carbocycles. The maximum absolute atomic E-state index is 12.9. The zero-order valence-electron chi connectivity index (χ0n) is 19.9. The molecule has 0 radical (unpaired) electrons. The van der Waals surface area contributed by atoms with Crippen LogP contribution in [0.15, 0.2) is 65.7 Å². The van der Waals surface area contributed by atoms with E-state index < -0.39 is 10.0 Å². The Morgan fingerprint density at radius 3 is 2.43 bits per heavy atom. The summed E-state index contributed by atoms with van der Waals surface area (Å²) in [5.74, 6) is -0.0645. The topological polar surface area (TPSA) is 84.3 Å². The number of carbonyl (C=O) groups is 1. The fourth-order valence-electron chi connectivity index (χ4n) is 5.13. The summed E-state index contributed by atoms with van der Waals surface area (Å²) in [6.07, 6.45) is 7.86. The van der Waals surface area contributed by atoms with Crippen LogP contribution in [0, 0.1) is 0 Å². The molecule has 1 saturated heterocycles. The molecule has 2 aromatic carbocycles. The van der Waals surface area contributed by atoms with E-state index in [0.29, 0.717) is 18.0 Å². The van der Waals surface area contributed by atoms with Crippen molar-refractivity contribution in [3.8, 4) is 0 Å². The van der Waals surface area contributed by atoms with Gasteiger partial charge in [0.15, 0.2) is 0 Å². The summed E-state index contributed by atoms with van der Waals surface area (Å²) in [7, 11) is -3.46. The average molecular weight is 493 g/mol. The van der Waals surface area contributed by atoms with Crippen molar-refractivity contribution in [2.75, 3.05) is 13.1 Å². The number of rotatable bonds is 7. The molecule has 35 heavy (non-hydrogen) atoms. The van der Waals surface area contributed by atoms with E-state index in [0.717, 1.165) is 56.2 Å². The predicted octanol–water partition coefficient (Wildman–Crippen LogP) is 3.84. The van der Waals surface area contributed by atoms with Gasteiger partial charge in [-0.05, 0) is 55.4 Å². The zero-order valence-corrected chi connectivity index (χ0v) is 20.7. The summed E-state index contributed by atoms with van der Waals surface area (Å²) >= 11 is 0. The number of hydrogen-bond donors (Lipinski definition) is 1. The molecule has 1 unspecified atom stereocenters. The Morgan fingerprint density at radius 1 is 0.943 bits per heavy atom. The van der Waals surface area contributed by atoms with Crippen molar-refractivity contribution in [3.05, 3.63) is 83.2 Å². The van der Waals surface area contributed by atoms with E-state index in [-0.39, 0.29) is 18.4 Å². The van der Waals surface area contributed by atoms with Crippen molar-refractivity contribution < 1.29 is 13.2 Å². The summed E-state index contributed by atoms with van der Waals surface area (Å²) in [5, 5.41) is 7.79. The van der Waals surface area contributed by atoms with Gasteiger partial charge in [-0.2, -0.15) is 9.40 Å². The van der Waals surface area contributed by atoms with Gasteiger partial charge in [-0.1, -0.05) is 48.9 Å². The second kappa shape index (κ2) is 10.3. The molecule has 0 spiro atoms. The lowest BCUT2D eigenvalue weighted by molar-refractivity contribution is -0.121. The summed E-state index contributed by atoms with van der Waals surface area (Å²) < 4.78 is 29.3.